The summed E-state index contributed by atoms with van der Waals surface area (Å²) in [5.41, 5.74) is 2.47. The Kier molecular flexibility index (Phi) is 3.87. The van der Waals surface area contributed by atoms with Crippen molar-refractivity contribution in [1.82, 2.24) is 0 Å². The van der Waals surface area contributed by atoms with Gasteiger partial charge in [0.1, 0.15) is 0 Å². The minimum atomic E-state index is -0.381. The molecule has 0 saturated carbocycles. The number of nitrogens with zero attached hydrogens (tertiary/aromatic N) is 1. The lowest BCUT2D eigenvalue weighted by atomic mass is 10.0. The average Bonchev–Trinajstić information content (AvgIpc) is 2.16. The predicted molar refractivity (Wildman–Crippen MR) is 63.2 cm³/mol. The molecule has 1 aromatic carbocycles. The summed E-state index contributed by atoms with van der Waals surface area (Å²) in [6.45, 7) is 3.63. The summed E-state index contributed by atoms with van der Waals surface area (Å²) >= 11 is 3.19. The molecule has 0 atom stereocenters. The van der Waals surface area contributed by atoms with Crippen molar-refractivity contribution in [2.45, 2.75) is 13.8 Å². The number of nitro groups is 1. The number of hydrogen-bond donors (Lipinski definition) is 0. The highest BCUT2D eigenvalue weighted by molar-refractivity contribution is 9.09. The van der Waals surface area contributed by atoms with E-state index in [4.69, 9.17) is 0 Å². The van der Waals surface area contributed by atoms with Gasteiger partial charge in [-0.05, 0) is 25.5 Å². The van der Waals surface area contributed by atoms with Gasteiger partial charge in [0, 0.05) is 17.2 Å². The van der Waals surface area contributed by atoms with Crippen molar-refractivity contribution in [3.63, 3.8) is 0 Å². The maximum atomic E-state index is 10.7. The lowest BCUT2D eigenvalue weighted by Gasteiger charge is -2.01. The van der Waals surface area contributed by atoms with Gasteiger partial charge in [-0.3, -0.25) is 10.1 Å². The topological polar surface area (TPSA) is 43.1 Å². The standard InChI is InChI=1S/C11H10BrNO2/c1-8-6-9(2)11(13(14)15)7-10(8)4-3-5-12/h6-7H,5H2,1-2H3. The fourth-order valence-electron chi connectivity index (χ4n) is 1.30. The van der Waals surface area contributed by atoms with E-state index < -0.39 is 0 Å². The number of hydrogen-bond acceptors (Lipinski definition) is 2. The van der Waals surface area contributed by atoms with E-state index in [9.17, 15) is 10.1 Å². The Balaban J connectivity index is 3.29. The molecule has 0 bridgehead atoms. The summed E-state index contributed by atoms with van der Waals surface area (Å²) in [4.78, 5) is 10.3. The molecule has 0 heterocycles. The predicted octanol–water partition coefficient (Wildman–Crippen LogP) is 2.96. The first kappa shape index (κ1) is 11.7. The second-order valence-electron chi connectivity index (χ2n) is 3.15. The summed E-state index contributed by atoms with van der Waals surface area (Å²) in [5, 5.41) is 11.3. The van der Waals surface area contributed by atoms with Gasteiger partial charge < -0.3 is 0 Å². The van der Waals surface area contributed by atoms with Crippen molar-refractivity contribution in [3.8, 4) is 11.8 Å². The fraction of sp³-hybridized carbons (Fsp3) is 0.273. The Morgan fingerprint density at radius 1 is 1.40 bits per heavy atom. The van der Waals surface area contributed by atoms with Crippen molar-refractivity contribution < 1.29 is 4.92 Å². The molecular weight excluding hydrogens is 258 g/mol. The number of rotatable bonds is 1. The van der Waals surface area contributed by atoms with Crippen LogP contribution < -0.4 is 0 Å². The molecule has 0 aromatic heterocycles. The van der Waals surface area contributed by atoms with Gasteiger partial charge >= 0.3 is 0 Å². The molecule has 1 rings (SSSR count). The normalized spacial score (nSPS) is 9.27. The second-order valence-corrected chi connectivity index (χ2v) is 3.71. The highest BCUT2D eigenvalue weighted by Gasteiger charge is 2.12. The van der Waals surface area contributed by atoms with Crippen LogP contribution in [0, 0.1) is 35.8 Å². The van der Waals surface area contributed by atoms with Gasteiger partial charge in [-0.15, -0.1) is 0 Å². The maximum absolute atomic E-state index is 10.7. The molecule has 0 unspecified atom stereocenters. The smallest absolute Gasteiger partial charge is 0.258 e. The number of alkyl halides is 1. The number of benzene rings is 1. The molecule has 0 radical (unpaired) electrons. The van der Waals surface area contributed by atoms with Gasteiger partial charge in [0.15, 0.2) is 0 Å². The molecule has 3 nitrogen and oxygen atoms in total. The van der Waals surface area contributed by atoms with Crippen molar-refractivity contribution in [1.29, 1.82) is 0 Å². The van der Waals surface area contributed by atoms with E-state index in [0.29, 0.717) is 16.5 Å². The molecule has 0 amide bonds. The molecule has 1 aromatic rings. The van der Waals surface area contributed by atoms with E-state index >= 15 is 0 Å². The van der Waals surface area contributed by atoms with Crippen LogP contribution in [0.25, 0.3) is 0 Å². The van der Waals surface area contributed by atoms with E-state index in [2.05, 4.69) is 27.8 Å². The van der Waals surface area contributed by atoms with Gasteiger partial charge in [0.2, 0.25) is 0 Å². The van der Waals surface area contributed by atoms with E-state index in [1.165, 1.54) is 6.07 Å². The summed E-state index contributed by atoms with van der Waals surface area (Å²) in [6.07, 6.45) is 0. The van der Waals surface area contributed by atoms with E-state index in [0.717, 1.165) is 5.56 Å². The third kappa shape index (κ3) is 2.80. The Hall–Kier alpha value is -1.34. The summed E-state index contributed by atoms with van der Waals surface area (Å²) in [7, 11) is 0. The van der Waals surface area contributed by atoms with Crippen LogP contribution in [0.3, 0.4) is 0 Å². The Labute approximate surface area is 96.8 Å². The van der Waals surface area contributed by atoms with Gasteiger partial charge in [-0.2, -0.15) is 0 Å². The Bertz CT molecular complexity index is 458. The quantitative estimate of drug-likeness (QED) is 0.340. The molecule has 0 aliphatic carbocycles. The number of aryl methyl sites for hydroxylation is 2. The summed E-state index contributed by atoms with van der Waals surface area (Å²) in [5.74, 6) is 5.72. The zero-order valence-corrected chi connectivity index (χ0v) is 10.1. The molecule has 0 aliphatic rings. The first-order chi connectivity index (χ1) is 7.06. The van der Waals surface area contributed by atoms with Crippen LogP contribution in [-0.2, 0) is 0 Å². The van der Waals surface area contributed by atoms with E-state index in [1.54, 1.807) is 13.0 Å². The second kappa shape index (κ2) is 4.94. The van der Waals surface area contributed by atoms with Crippen LogP contribution in [0.1, 0.15) is 16.7 Å². The maximum Gasteiger partial charge on any atom is 0.273 e. The summed E-state index contributed by atoms with van der Waals surface area (Å²) < 4.78 is 0. The molecule has 0 saturated heterocycles. The molecule has 0 fully saturated rings. The van der Waals surface area contributed by atoms with E-state index in [-0.39, 0.29) is 10.6 Å². The van der Waals surface area contributed by atoms with Crippen molar-refractivity contribution >= 4 is 21.6 Å². The molecule has 0 aliphatic heterocycles. The third-order valence-electron chi connectivity index (χ3n) is 2.03. The van der Waals surface area contributed by atoms with Crippen LogP contribution >= 0.6 is 15.9 Å². The zero-order chi connectivity index (χ0) is 11.4. The van der Waals surface area contributed by atoms with Crippen LogP contribution in [0.5, 0.6) is 0 Å². The number of nitro benzene ring substituents is 1. The fourth-order valence-corrected chi connectivity index (χ4v) is 1.44. The molecule has 0 N–H and O–H groups in total. The van der Waals surface area contributed by atoms with E-state index in [1.807, 2.05) is 6.92 Å². The molecule has 0 spiro atoms. The zero-order valence-electron chi connectivity index (χ0n) is 8.50. The van der Waals surface area contributed by atoms with Gasteiger partial charge in [-0.1, -0.05) is 27.8 Å². The van der Waals surface area contributed by atoms with Gasteiger partial charge in [0.25, 0.3) is 5.69 Å². The molecule has 78 valence electrons. The first-order valence-corrected chi connectivity index (χ1v) is 5.49. The Morgan fingerprint density at radius 3 is 2.60 bits per heavy atom. The molecular formula is C11H10BrNO2. The van der Waals surface area contributed by atoms with Crippen LogP contribution in [-0.4, -0.2) is 10.3 Å². The summed E-state index contributed by atoms with van der Waals surface area (Å²) in [6, 6.07) is 3.32. The van der Waals surface area contributed by atoms with Crippen LogP contribution in [0.2, 0.25) is 0 Å². The minimum absolute atomic E-state index is 0.125. The van der Waals surface area contributed by atoms with Gasteiger partial charge in [0.05, 0.1) is 10.3 Å². The highest BCUT2D eigenvalue weighted by Crippen LogP contribution is 2.21. The van der Waals surface area contributed by atoms with Crippen molar-refractivity contribution in [2.75, 3.05) is 5.33 Å². The minimum Gasteiger partial charge on any atom is -0.258 e. The monoisotopic (exact) mass is 267 g/mol. The van der Waals surface area contributed by atoms with Gasteiger partial charge in [-0.25, -0.2) is 0 Å². The SMILES string of the molecule is Cc1cc(C)c([N+](=O)[O-])cc1C#CCBr. The lowest BCUT2D eigenvalue weighted by molar-refractivity contribution is -0.385. The molecule has 4 heteroatoms. The average molecular weight is 268 g/mol. The number of halogens is 1. The van der Waals surface area contributed by atoms with Crippen LogP contribution in [0.15, 0.2) is 12.1 Å². The van der Waals surface area contributed by atoms with Crippen molar-refractivity contribution in [2.24, 2.45) is 0 Å². The largest absolute Gasteiger partial charge is 0.273 e. The third-order valence-corrected chi connectivity index (χ3v) is 2.31. The molecule has 15 heavy (non-hydrogen) atoms. The lowest BCUT2D eigenvalue weighted by Crippen LogP contribution is -1.94. The Morgan fingerprint density at radius 2 is 2.07 bits per heavy atom. The van der Waals surface area contributed by atoms with Crippen molar-refractivity contribution in [3.05, 3.63) is 38.9 Å². The van der Waals surface area contributed by atoms with Crippen LogP contribution in [0.4, 0.5) is 5.69 Å². The highest BCUT2D eigenvalue weighted by atomic mass is 79.9. The first-order valence-electron chi connectivity index (χ1n) is 4.36.